The van der Waals surface area contributed by atoms with Crippen LogP contribution in [0.15, 0.2) is 108 Å². The van der Waals surface area contributed by atoms with Crippen LogP contribution in [0.5, 0.6) is 0 Å². The highest BCUT2D eigenvalue weighted by Crippen LogP contribution is 2.44. The van der Waals surface area contributed by atoms with Crippen LogP contribution >= 0.6 is 35.7 Å². The molecular formula is C30H25N5O3S3. The summed E-state index contributed by atoms with van der Waals surface area (Å²) in [6, 6.07) is 28.7. The van der Waals surface area contributed by atoms with Crippen LogP contribution in [0.1, 0.15) is 22.9 Å². The minimum atomic E-state index is -0.653. The molecule has 0 aliphatic carbocycles. The fourth-order valence-corrected chi connectivity index (χ4v) is 7.19. The highest BCUT2D eigenvalue weighted by Gasteiger charge is 2.54. The number of thioether (sulfide) groups is 2. The second-order valence-electron chi connectivity index (χ2n) is 9.35. The number of ether oxygens (including phenoxy) is 1. The third-order valence-corrected chi connectivity index (χ3v) is 9.33. The summed E-state index contributed by atoms with van der Waals surface area (Å²) in [6.07, 6.45) is 1.13. The Morgan fingerprint density at radius 2 is 1.68 bits per heavy atom. The molecule has 2 aliphatic rings. The van der Waals surface area contributed by atoms with E-state index >= 15 is 0 Å². The molecule has 1 saturated heterocycles. The SMILES string of the molecule is O=C(CSc1ccccc1)N[C@@H]1C(=O)N2C(C(=S)OC(c3ccccc3)c3ccccc3)=C(c3cn[nH]n3)CS[C@H]12. The molecule has 206 valence electrons. The van der Waals surface area contributed by atoms with Crippen LogP contribution in [0.3, 0.4) is 0 Å². The van der Waals surface area contributed by atoms with E-state index in [1.165, 1.54) is 11.8 Å². The highest BCUT2D eigenvalue weighted by atomic mass is 32.2. The second-order valence-corrected chi connectivity index (χ2v) is 11.9. The molecule has 0 radical (unpaired) electrons. The number of H-pyrrole nitrogens is 1. The van der Waals surface area contributed by atoms with Crippen LogP contribution in [-0.2, 0) is 14.3 Å². The fraction of sp³-hybridized carbons (Fsp3) is 0.167. The van der Waals surface area contributed by atoms with Crippen LogP contribution in [0.25, 0.3) is 5.57 Å². The Bertz CT molecular complexity index is 1530. The number of hydrogen-bond donors (Lipinski definition) is 2. The molecule has 4 aromatic rings. The Labute approximate surface area is 250 Å². The van der Waals surface area contributed by atoms with Gasteiger partial charge in [-0.25, -0.2) is 0 Å². The van der Waals surface area contributed by atoms with Crippen LogP contribution in [0.2, 0.25) is 0 Å². The van der Waals surface area contributed by atoms with Gasteiger partial charge in [-0.3, -0.25) is 14.5 Å². The second kappa shape index (κ2) is 12.3. The predicted octanol–water partition coefficient (Wildman–Crippen LogP) is 4.84. The molecule has 0 saturated carbocycles. The van der Waals surface area contributed by atoms with Gasteiger partial charge in [0.05, 0.1) is 11.9 Å². The molecular weight excluding hydrogens is 575 g/mol. The monoisotopic (exact) mass is 599 g/mol. The highest BCUT2D eigenvalue weighted by molar-refractivity contribution is 8.00. The van der Waals surface area contributed by atoms with E-state index in [9.17, 15) is 9.59 Å². The number of amides is 2. The topological polar surface area (TPSA) is 100 Å². The van der Waals surface area contributed by atoms with Crippen molar-refractivity contribution in [3.05, 3.63) is 120 Å². The number of benzene rings is 3. The largest absolute Gasteiger partial charge is 0.469 e. The van der Waals surface area contributed by atoms with Gasteiger partial charge in [0, 0.05) is 16.2 Å². The average molecular weight is 600 g/mol. The van der Waals surface area contributed by atoms with Crippen LogP contribution < -0.4 is 5.32 Å². The van der Waals surface area contributed by atoms with Crippen molar-refractivity contribution < 1.29 is 14.3 Å². The molecule has 0 spiro atoms. The molecule has 2 aliphatic heterocycles. The molecule has 2 atom stereocenters. The molecule has 2 amide bonds. The molecule has 1 aromatic heterocycles. The summed E-state index contributed by atoms with van der Waals surface area (Å²) in [7, 11) is 0. The van der Waals surface area contributed by atoms with Gasteiger partial charge in [-0.05, 0) is 35.5 Å². The zero-order valence-corrected chi connectivity index (χ0v) is 24.1. The molecule has 2 N–H and O–H groups in total. The third-order valence-electron chi connectivity index (χ3n) is 6.75. The number of hydrogen-bond acceptors (Lipinski definition) is 8. The maximum absolute atomic E-state index is 13.6. The summed E-state index contributed by atoms with van der Waals surface area (Å²) in [6.45, 7) is 0. The summed E-state index contributed by atoms with van der Waals surface area (Å²) in [5.41, 5.74) is 3.70. The zero-order valence-electron chi connectivity index (χ0n) is 21.7. The van der Waals surface area contributed by atoms with Gasteiger partial charge < -0.3 is 10.1 Å². The van der Waals surface area contributed by atoms with E-state index < -0.39 is 12.1 Å². The van der Waals surface area contributed by atoms with E-state index in [0.29, 0.717) is 17.1 Å². The third kappa shape index (κ3) is 5.79. The van der Waals surface area contributed by atoms with Crippen LogP contribution in [0.4, 0.5) is 0 Å². The van der Waals surface area contributed by atoms with Gasteiger partial charge in [0.1, 0.15) is 28.9 Å². The maximum Gasteiger partial charge on any atom is 0.253 e. The van der Waals surface area contributed by atoms with Gasteiger partial charge >= 0.3 is 0 Å². The lowest BCUT2D eigenvalue weighted by Gasteiger charge is -2.50. The van der Waals surface area contributed by atoms with E-state index in [4.69, 9.17) is 17.0 Å². The first-order chi connectivity index (χ1) is 20.1. The summed E-state index contributed by atoms with van der Waals surface area (Å²) >= 11 is 8.89. The van der Waals surface area contributed by atoms with Gasteiger partial charge in [-0.15, -0.1) is 23.5 Å². The lowest BCUT2D eigenvalue weighted by atomic mass is 10.0. The normalized spacial score (nSPS) is 18.1. The Kier molecular flexibility index (Phi) is 8.17. The van der Waals surface area contributed by atoms with Crippen molar-refractivity contribution in [1.29, 1.82) is 0 Å². The number of aromatic amines is 1. The summed E-state index contributed by atoms with van der Waals surface area (Å²) < 4.78 is 6.52. The van der Waals surface area contributed by atoms with Crippen LogP contribution in [-0.4, -0.2) is 60.1 Å². The first-order valence-corrected chi connectivity index (χ1v) is 15.4. The van der Waals surface area contributed by atoms with E-state index in [1.54, 1.807) is 22.9 Å². The van der Waals surface area contributed by atoms with Crippen molar-refractivity contribution in [3.63, 3.8) is 0 Å². The Morgan fingerprint density at radius 3 is 2.29 bits per heavy atom. The molecule has 8 nitrogen and oxygen atoms in total. The van der Waals surface area contributed by atoms with Gasteiger partial charge in [0.15, 0.2) is 0 Å². The minimum absolute atomic E-state index is 0.184. The number of thiocarbonyl (C=S) groups is 1. The summed E-state index contributed by atoms with van der Waals surface area (Å²) in [5, 5.41) is 13.7. The van der Waals surface area contributed by atoms with E-state index in [1.807, 2.05) is 91.0 Å². The van der Waals surface area contributed by atoms with Crippen LogP contribution in [0, 0.1) is 0 Å². The van der Waals surface area contributed by atoms with Crippen molar-refractivity contribution >= 4 is 58.2 Å². The number of carbonyl (C=O) groups is 2. The molecule has 0 unspecified atom stereocenters. The van der Waals surface area contributed by atoms with Crippen molar-refractivity contribution in [1.82, 2.24) is 25.6 Å². The summed E-state index contributed by atoms with van der Waals surface area (Å²) in [4.78, 5) is 28.9. The summed E-state index contributed by atoms with van der Waals surface area (Å²) in [5.74, 6) is 0.303. The van der Waals surface area contributed by atoms with Gasteiger partial charge in [0.25, 0.3) is 5.91 Å². The number of rotatable bonds is 9. The lowest BCUT2D eigenvalue weighted by molar-refractivity contribution is -0.145. The number of nitrogens with one attached hydrogen (secondary N) is 2. The maximum atomic E-state index is 13.6. The molecule has 41 heavy (non-hydrogen) atoms. The smallest absolute Gasteiger partial charge is 0.253 e. The Balaban J connectivity index is 1.25. The zero-order chi connectivity index (χ0) is 28.2. The Morgan fingerprint density at radius 1 is 1.05 bits per heavy atom. The standard InChI is InChI=1S/C30H25N5O3S3/c36-24(18-40-21-14-8-3-9-15-21)32-25-28(37)35-26(22(17-41-29(25)35)23-16-31-34-33-23)30(39)38-27(19-10-4-1-5-11-19)20-12-6-2-7-13-20/h1-16,25,27,29H,17-18H2,(H,32,36)(H,31,33,34)/t25-,29-/m1/s1. The molecule has 11 heteroatoms. The lowest BCUT2D eigenvalue weighted by Crippen LogP contribution is -2.70. The molecule has 6 rings (SSSR count). The number of fused-ring (bicyclic) bond motifs is 1. The first kappa shape index (κ1) is 27.3. The number of carbonyl (C=O) groups excluding carboxylic acids is 2. The quantitative estimate of drug-likeness (QED) is 0.160. The Hall–Kier alpha value is -3.93. The molecule has 1 fully saturated rings. The van der Waals surface area contributed by atoms with Gasteiger partial charge in [0.2, 0.25) is 11.0 Å². The van der Waals surface area contributed by atoms with E-state index in [-0.39, 0.29) is 28.0 Å². The number of β-lactam (4-membered cyclic amide) rings is 1. The van der Waals surface area contributed by atoms with E-state index in [0.717, 1.165) is 21.6 Å². The van der Waals surface area contributed by atoms with Crippen molar-refractivity contribution in [2.75, 3.05) is 11.5 Å². The average Bonchev–Trinajstić information content (AvgIpc) is 3.57. The molecule has 3 heterocycles. The fourth-order valence-electron chi connectivity index (χ4n) is 4.78. The van der Waals surface area contributed by atoms with Gasteiger partial charge in [-0.2, -0.15) is 15.4 Å². The van der Waals surface area contributed by atoms with Crippen molar-refractivity contribution in [2.24, 2.45) is 0 Å². The molecule has 0 bridgehead atoms. The minimum Gasteiger partial charge on any atom is -0.469 e. The van der Waals surface area contributed by atoms with E-state index in [2.05, 4.69) is 20.7 Å². The predicted molar refractivity (Wildman–Crippen MR) is 164 cm³/mol. The van der Waals surface area contributed by atoms with Crippen molar-refractivity contribution in [2.45, 2.75) is 22.4 Å². The molecule has 3 aromatic carbocycles. The number of aromatic nitrogens is 3. The van der Waals surface area contributed by atoms with Crippen molar-refractivity contribution in [3.8, 4) is 0 Å². The first-order valence-electron chi connectivity index (χ1n) is 12.9. The van der Waals surface area contributed by atoms with Gasteiger partial charge in [-0.1, -0.05) is 78.9 Å². The number of nitrogens with zero attached hydrogens (tertiary/aromatic N) is 3.